The quantitative estimate of drug-likeness (QED) is 0.431. The molecule has 0 aliphatic rings. The van der Waals surface area contributed by atoms with Crippen LogP contribution < -0.4 is 0 Å². The number of hydrogen-bond donors (Lipinski definition) is 0. The maximum Gasteiger partial charge on any atom is 0.00950 e. The summed E-state index contributed by atoms with van der Waals surface area (Å²) >= 11 is 1.73. The minimum Gasteiger partial charge on any atom is -0.0913 e. The van der Waals surface area contributed by atoms with E-state index in [1.165, 1.54) is 18.6 Å². The highest BCUT2D eigenvalue weighted by molar-refractivity contribution is 8.03. The van der Waals surface area contributed by atoms with Crippen molar-refractivity contribution in [3.8, 4) is 11.2 Å². The van der Waals surface area contributed by atoms with E-state index in [-0.39, 0.29) is 0 Å². The van der Waals surface area contributed by atoms with Crippen LogP contribution in [0.25, 0.3) is 0 Å². The van der Waals surface area contributed by atoms with Crippen LogP contribution in [0.3, 0.4) is 0 Å². The Labute approximate surface area is 62.4 Å². The van der Waals surface area contributed by atoms with E-state index in [0.717, 1.165) is 6.42 Å². The third kappa shape index (κ3) is 7.91. The molecule has 0 N–H and O–H groups in total. The van der Waals surface area contributed by atoms with E-state index in [1.807, 2.05) is 0 Å². The summed E-state index contributed by atoms with van der Waals surface area (Å²) in [6, 6.07) is 0. The third-order valence-corrected chi connectivity index (χ3v) is 1.73. The Kier molecular flexibility index (Phi) is 7.83. The minimum absolute atomic E-state index is 1.05. The first kappa shape index (κ1) is 8.91. The third-order valence-electron chi connectivity index (χ3n) is 0.826. The molecule has 0 nitrogen and oxygen atoms in total. The summed E-state index contributed by atoms with van der Waals surface area (Å²) in [6.07, 6.45) is 3.46. The lowest BCUT2D eigenvalue weighted by Gasteiger charge is -1.82. The molecule has 1 heteroatoms. The van der Waals surface area contributed by atoms with Gasteiger partial charge < -0.3 is 0 Å². The van der Waals surface area contributed by atoms with E-state index in [0.29, 0.717) is 0 Å². The zero-order valence-corrected chi connectivity index (χ0v) is 7.05. The molecular weight excluding hydrogens is 128 g/mol. The summed E-state index contributed by atoms with van der Waals surface area (Å²) in [4.78, 5) is 0. The van der Waals surface area contributed by atoms with E-state index in [1.54, 1.807) is 11.8 Å². The molecule has 0 atom stereocenters. The molecule has 0 aromatic carbocycles. The molecule has 0 amide bonds. The fourth-order valence-corrected chi connectivity index (χ4v) is 0.890. The summed E-state index contributed by atoms with van der Waals surface area (Å²) in [7, 11) is 0. The largest absolute Gasteiger partial charge is 0.0913 e. The SMILES string of the molecule is CCCC#CSCCC. The Morgan fingerprint density at radius 3 is 2.56 bits per heavy atom. The van der Waals surface area contributed by atoms with Crippen molar-refractivity contribution < 1.29 is 0 Å². The van der Waals surface area contributed by atoms with E-state index < -0.39 is 0 Å². The van der Waals surface area contributed by atoms with Crippen LogP contribution >= 0.6 is 11.8 Å². The maximum atomic E-state index is 3.08. The summed E-state index contributed by atoms with van der Waals surface area (Å²) in [5.41, 5.74) is 0. The average molecular weight is 142 g/mol. The lowest BCUT2D eigenvalue weighted by Crippen LogP contribution is -1.67. The predicted octanol–water partition coefficient (Wildman–Crippen LogP) is 2.89. The zero-order chi connectivity index (χ0) is 6.95. The van der Waals surface area contributed by atoms with Crippen LogP contribution in [0, 0.1) is 11.2 Å². The summed E-state index contributed by atoms with van der Waals surface area (Å²) in [5, 5.41) is 3.05. The van der Waals surface area contributed by atoms with Gasteiger partial charge in [0.2, 0.25) is 0 Å². The molecule has 0 radical (unpaired) electrons. The fraction of sp³-hybridized carbons (Fsp3) is 0.750. The lowest BCUT2D eigenvalue weighted by molar-refractivity contribution is 0.984. The number of thioether (sulfide) groups is 1. The molecule has 0 saturated heterocycles. The first-order chi connectivity index (χ1) is 4.41. The van der Waals surface area contributed by atoms with Crippen molar-refractivity contribution >= 4 is 11.8 Å². The van der Waals surface area contributed by atoms with Crippen molar-refractivity contribution in [3.05, 3.63) is 0 Å². The Morgan fingerprint density at radius 2 is 2.00 bits per heavy atom. The van der Waals surface area contributed by atoms with Crippen LogP contribution in [0.15, 0.2) is 0 Å². The fourth-order valence-electron chi connectivity index (χ4n) is 0.380. The normalized spacial score (nSPS) is 8.22. The van der Waals surface area contributed by atoms with Crippen LogP contribution in [-0.4, -0.2) is 5.75 Å². The molecule has 0 spiro atoms. The molecule has 9 heavy (non-hydrogen) atoms. The van der Waals surface area contributed by atoms with Gasteiger partial charge in [0.25, 0.3) is 0 Å². The maximum absolute atomic E-state index is 3.08. The van der Waals surface area contributed by atoms with Gasteiger partial charge in [-0.2, -0.15) is 0 Å². The molecule has 0 heterocycles. The number of hydrogen-bond acceptors (Lipinski definition) is 1. The lowest BCUT2D eigenvalue weighted by atomic mass is 10.4. The standard InChI is InChI=1S/C8H14S/c1-3-5-6-8-9-7-4-2/h3-5,7H2,1-2H3. The number of unbranched alkanes of at least 4 members (excludes halogenated alkanes) is 1. The van der Waals surface area contributed by atoms with Gasteiger partial charge in [-0.3, -0.25) is 0 Å². The van der Waals surface area contributed by atoms with Gasteiger partial charge in [-0.1, -0.05) is 31.5 Å². The second-order valence-electron chi connectivity index (χ2n) is 1.88. The Bertz CT molecular complexity index is 96.9. The van der Waals surface area contributed by atoms with Gasteiger partial charge in [0.05, 0.1) is 0 Å². The minimum atomic E-state index is 1.05. The molecule has 0 saturated carbocycles. The molecule has 0 bridgehead atoms. The van der Waals surface area contributed by atoms with Crippen LogP contribution in [-0.2, 0) is 0 Å². The second kappa shape index (κ2) is 7.91. The van der Waals surface area contributed by atoms with Crippen molar-refractivity contribution in [2.75, 3.05) is 5.75 Å². The highest BCUT2D eigenvalue weighted by Crippen LogP contribution is 1.98. The highest BCUT2D eigenvalue weighted by atomic mass is 32.2. The molecule has 0 aromatic rings. The average Bonchev–Trinajstić information content (AvgIpc) is 1.89. The summed E-state index contributed by atoms with van der Waals surface area (Å²) < 4.78 is 0. The summed E-state index contributed by atoms with van der Waals surface area (Å²) in [6.45, 7) is 4.33. The van der Waals surface area contributed by atoms with Crippen LogP contribution in [0.4, 0.5) is 0 Å². The molecule has 0 fully saturated rings. The van der Waals surface area contributed by atoms with Gasteiger partial charge in [0, 0.05) is 12.2 Å². The van der Waals surface area contributed by atoms with E-state index in [9.17, 15) is 0 Å². The van der Waals surface area contributed by atoms with Crippen molar-refractivity contribution in [3.63, 3.8) is 0 Å². The summed E-state index contributed by atoms with van der Waals surface area (Å²) in [5.74, 6) is 4.26. The van der Waals surface area contributed by atoms with Gasteiger partial charge in [0.1, 0.15) is 0 Å². The Hall–Kier alpha value is -0.0900. The highest BCUT2D eigenvalue weighted by Gasteiger charge is 1.75. The predicted molar refractivity (Wildman–Crippen MR) is 45.4 cm³/mol. The molecule has 0 aliphatic heterocycles. The molecule has 0 aliphatic carbocycles. The van der Waals surface area contributed by atoms with Crippen LogP contribution in [0.2, 0.25) is 0 Å². The first-order valence-corrected chi connectivity index (χ1v) is 4.50. The number of rotatable bonds is 3. The molecule has 0 unspecified atom stereocenters. The van der Waals surface area contributed by atoms with Crippen LogP contribution in [0.5, 0.6) is 0 Å². The first-order valence-electron chi connectivity index (χ1n) is 3.51. The van der Waals surface area contributed by atoms with Crippen molar-refractivity contribution in [1.29, 1.82) is 0 Å². The topological polar surface area (TPSA) is 0 Å². The van der Waals surface area contributed by atoms with E-state index >= 15 is 0 Å². The molecular formula is C8H14S. The van der Waals surface area contributed by atoms with Crippen LogP contribution in [0.1, 0.15) is 33.1 Å². The zero-order valence-electron chi connectivity index (χ0n) is 6.24. The Morgan fingerprint density at radius 1 is 1.22 bits per heavy atom. The van der Waals surface area contributed by atoms with Gasteiger partial charge in [0.15, 0.2) is 0 Å². The second-order valence-corrected chi connectivity index (χ2v) is 2.78. The van der Waals surface area contributed by atoms with Gasteiger partial charge in [-0.25, -0.2) is 0 Å². The monoisotopic (exact) mass is 142 g/mol. The van der Waals surface area contributed by atoms with Gasteiger partial charge >= 0.3 is 0 Å². The van der Waals surface area contributed by atoms with Gasteiger partial charge in [-0.05, 0) is 18.1 Å². The smallest absolute Gasteiger partial charge is 0.00950 e. The van der Waals surface area contributed by atoms with E-state index in [2.05, 4.69) is 25.0 Å². The van der Waals surface area contributed by atoms with Gasteiger partial charge in [-0.15, -0.1) is 0 Å². The van der Waals surface area contributed by atoms with E-state index in [4.69, 9.17) is 0 Å². The van der Waals surface area contributed by atoms with Crippen molar-refractivity contribution in [1.82, 2.24) is 0 Å². The molecule has 0 aromatic heterocycles. The van der Waals surface area contributed by atoms with Crippen molar-refractivity contribution in [2.24, 2.45) is 0 Å². The van der Waals surface area contributed by atoms with Crippen molar-refractivity contribution in [2.45, 2.75) is 33.1 Å². The molecule has 0 rings (SSSR count). The Balaban J connectivity index is 2.96. The molecule has 52 valence electrons.